The summed E-state index contributed by atoms with van der Waals surface area (Å²) >= 11 is 0. The maximum atomic E-state index is 13.3. The number of carboxylic acid groups (broad SMARTS) is 1. The van der Waals surface area contributed by atoms with Crippen LogP contribution in [0, 0.1) is 0 Å². The Morgan fingerprint density at radius 2 is 1.51 bits per heavy atom. The smallest absolute Gasteiger partial charge is 0.305 e. The van der Waals surface area contributed by atoms with Crippen LogP contribution in [0.4, 0.5) is 5.69 Å². The van der Waals surface area contributed by atoms with Crippen molar-refractivity contribution in [2.45, 2.75) is 57.4 Å². The maximum absolute atomic E-state index is 13.3. The van der Waals surface area contributed by atoms with Gasteiger partial charge in [0, 0.05) is 50.7 Å². The van der Waals surface area contributed by atoms with Gasteiger partial charge in [0.05, 0.1) is 6.42 Å². The number of rotatable bonds is 13. The highest BCUT2D eigenvalue weighted by molar-refractivity contribution is 5.94. The molecule has 0 atom stereocenters. The minimum absolute atomic E-state index is 0.0820. The number of nitrogens with zero attached hydrogens (tertiary/aromatic N) is 2. The molecule has 2 aromatic carbocycles. The highest BCUT2D eigenvalue weighted by atomic mass is 16.4. The highest BCUT2D eigenvalue weighted by Gasteiger charge is 2.28. The third-order valence-electron chi connectivity index (χ3n) is 6.49. The van der Waals surface area contributed by atoms with E-state index in [9.17, 15) is 14.4 Å². The summed E-state index contributed by atoms with van der Waals surface area (Å²) in [6.07, 6.45) is 4.78. The zero-order chi connectivity index (χ0) is 24.9. The van der Waals surface area contributed by atoms with Crippen molar-refractivity contribution < 1.29 is 19.5 Å². The summed E-state index contributed by atoms with van der Waals surface area (Å²) < 4.78 is 0. The number of likely N-dealkylation sites (tertiary alicyclic amines) is 1. The van der Waals surface area contributed by atoms with E-state index >= 15 is 0 Å². The molecule has 0 aliphatic carbocycles. The van der Waals surface area contributed by atoms with Gasteiger partial charge in [0.1, 0.15) is 0 Å². The topological polar surface area (TPSA) is 89.9 Å². The molecule has 1 fully saturated rings. The fourth-order valence-electron chi connectivity index (χ4n) is 4.56. The lowest BCUT2D eigenvalue weighted by Crippen LogP contribution is -2.48. The summed E-state index contributed by atoms with van der Waals surface area (Å²) in [5.41, 5.74) is 2.29. The number of carbonyl (C=O) groups is 3. The van der Waals surface area contributed by atoms with Gasteiger partial charge in [-0.2, -0.15) is 0 Å². The van der Waals surface area contributed by atoms with Gasteiger partial charge in [0.25, 0.3) is 0 Å². The summed E-state index contributed by atoms with van der Waals surface area (Å²) in [6.45, 7) is 3.12. The molecule has 2 amide bonds. The SMILES string of the molecule is O=C(O)CCNC(=O)CCCCC(=O)N(c1ccccc1)C1CCN(CCc2ccccc2)CC1. The third kappa shape index (κ3) is 9.17. The van der Waals surface area contributed by atoms with E-state index in [0.717, 1.165) is 44.6 Å². The van der Waals surface area contributed by atoms with Gasteiger partial charge in [-0.25, -0.2) is 0 Å². The van der Waals surface area contributed by atoms with Crippen LogP contribution in [0.2, 0.25) is 0 Å². The number of anilines is 1. The van der Waals surface area contributed by atoms with Gasteiger partial charge in [0.15, 0.2) is 0 Å². The van der Waals surface area contributed by atoms with Crippen molar-refractivity contribution in [1.82, 2.24) is 10.2 Å². The van der Waals surface area contributed by atoms with Gasteiger partial charge in [-0.05, 0) is 49.8 Å². The highest BCUT2D eigenvalue weighted by Crippen LogP contribution is 2.25. The van der Waals surface area contributed by atoms with Crippen LogP contribution >= 0.6 is 0 Å². The number of unbranched alkanes of at least 4 members (excludes halogenated alkanes) is 1. The van der Waals surface area contributed by atoms with E-state index in [4.69, 9.17) is 5.11 Å². The zero-order valence-corrected chi connectivity index (χ0v) is 20.4. The summed E-state index contributed by atoms with van der Waals surface area (Å²) in [6, 6.07) is 20.6. The predicted molar refractivity (Wildman–Crippen MR) is 137 cm³/mol. The van der Waals surface area contributed by atoms with Gasteiger partial charge < -0.3 is 20.2 Å². The Kier molecular flexibility index (Phi) is 10.8. The molecule has 1 aliphatic rings. The number of carboxylic acids is 1. The molecule has 0 unspecified atom stereocenters. The summed E-state index contributed by atoms with van der Waals surface area (Å²) in [5.74, 6) is -0.995. The van der Waals surface area contributed by atoms with Crippen LogP contribution in [-0.2, 0) is 20.8 Å². The Labute approximate surface area is 208 Å². The van der Waals surface area contributed by atoms with E-state index in [2.05, 4.69) is 34.5 Å². The van der Waals surface area contributed by atoms with Crippen LogP contribution in [0.1, 0.15) is 50.5 Å². The van der Waals surface area contributed by atoms with Crippen molar-refractivity contribution in [2.24, 2.45) is 0 Å². The van der Waals surface area contributed by atoms with Gasteiger partial charge in [-0.1, -0.05) is 48.5 Å². The molecule has 1 saturated heterocycles. The molecule has 7 heteroatoms. The second kappa shape index (κ2) is 14.3. The first kappa shape index (κ1) is 26.4. The number of piperidine rings is 1. The Morgan fingerprint density at radius 1 is 0.886 bits per heavy atom. The lowest BCUT2D eigenvalue weighted by atomic mass is 10.0. The van der Waals surface area contributed by atoms with E-state index in [0.29, 0.717) is 25.7 Å². The predicted octanol–water partition coefficient (Wildman–Crippen LogP) is 3.88. The molecule has 0 spiro atoms. The molecule has 0 bridgehead atoms. The number of amides is 2. The van der Waals surface area contributed by atoms with Crippen LogP contribution < -0.4 is 10.2 Å². The summed E-state index contributed by atoms with van der Waals surface area (Å²) in [4.78, 5) is 40.1. The molecule has 3 rings (SSSR count). The lowest BCUT2D eigenvalue weighted by molar-refractivity contribution is -0.137. The average molecular weight is 480 g/mol. The molecule has 188 valence electrons. The second-order valence-corrected chi connectivity index (χ2v) is 9.11. The fraction of sp³-hybridized carbons (Fsp3) is 0.464. The number of carbonyl (C=O) groups excluding carboxylic acids is 2. The monoisotopic (exact) mass is 479 g/mol. The van der Waals surface area contributed by atoms with E-state index in [1.165, 1.54) is 5.56 Å². The Morgan fingerprint density at radius 3 is 2.17 bits per heavy atom. The van der Waals surface area contributed by atoms with Crippen molar-refractivity contribution in [2.75, 3.05) is 31.1 Å². The molecule has 0 aromatic heterocycles. The fourth-order valence-corrected chi connectivity index (χ4v) is 4.56. The Balaban J connectivity index is 1.47. The first-order valence-corrected chi connectivity index (χ1v) is 12.6. The quantitative estimate of drug-likeness (QED) is 0.426. The molecular weight excluding hydrogens is 442 g/mol. The molecule has 2 aromatic rings. The van der Waals surface area contributed by atoms with Gasteiger partial charge in [-0.15, -0.1) is 0 Å². The standard InChI is InChI=1S/C28H37N3O4/c32-26(29-19-15-28(34)35)13-7-8-14-27(33)31(24-11-5-2-6-12-24)25-17-21-30(22-18-25)20-16-23-9-3-1-4-10-23/h1-6,9-12,25H,7-8,13-22H2,(H,29,32)(H,34,35). The molecule has 0 radical (unpaired) electrons. The van der Waals surface area contributed by atoms with Crippen molar-refractivity contribution in [3.05, 3.63) is 66.2 Å². The van der Waals surface area contributed by atoms with Crippen LogP contribution in [0.15, 0.2) is 60.7 Å². The van der Waals surface area contributed by atoms with E-state index < -0.39 is 5.97 Å². The Bertz CT molecular complexity index is 928. The van der Waals surface area contributed by atoms with Gasteiger partial charge >= 0.3 is 5.97 Å². The minimum atomic E-state index is -0.932. The molecule has 7 nitrogen and oxygen atoms in total. The number of aliphatic carboxylic acids is 1. The van der Waals surface area contributed by atoms with Crippen LogP contribution in [-0.4, -0.2) is 60.0 Å². The molecule has 0 saturated carbocycles. The third-order valence-corrected chi connectivity index (χ3v) is 6.49. The molecule has 1 aliphatic heterocycles. The van der Waals surface area contributed by atoms with Gasteiger partial charge in [-0.3, -0.25) is 14.4 Å². The van der Waals surface area contributed by atoms with E-state index in [1.54, 1.807) is 0 Å². The minimum Gasteiger partial charge on any atom is -0.481 e. The number of para-hydroxylation sites is 1. The van der Waals surface area contributed by atoms with Crippen molar-refractivity contribution in [3.8, 4) is 0 Å². The van der Waals surface area contributed by atoms with Gasteiger partial charge in [0.2, 0.25) is 11.8 Å². The molecular formula is C28H37N3O4. The van der Waals surface area contributed by atoms with E-state index in [-0.39, 0.29) is 30.8 Å². The largest absolute Gasteiger partial charge is 0.481 e. The Hall–Kier alpha value is -3.19. The average Bonchev–Trinajstić information content (AvgIpc) is 2.87. The first-order valence-electron chi connectivity index (χ1n) is 12.6. The van der Waals surface area contributed by atoms with Crippen LogP contribution in [0.3, 0.4) is 0 Å². The first-order chi connectivity index (χ1) is 17.0. The summed E-state index contributed by atoms with van der Waals surface area (Å²) in [5, 5.41) is 11.3. The van der Waals surface area contributed by atoms with Crippen molar-refractivity contribution in [3.63, 3.8) is 0 Å². The lowest BCUT2D eigenvalue weighted by Gasteiger charge is -2.38. The zero-order valence-electron chi connectivity index (χ0n) is 20.4. The van der Waals surface area contributed by atoms with Crippen molar-refractivity contribution >= 4 is 23.5 Å². The molecule has 35 heavy (non-hydrogen) atoms. The van der Waals surface area contributed by atoms with Crippen LogP contribution in [0.5, 0.6) is 0 Å². The molecule has 2 N–H and O–H groups in total. The molecule has 1 heterocycles. The number of hydrogen-bond donors (Lipinski definition) is 2. The van der Waals surface area contributed by atoms with Crippen molar-refractivity contribution in [1.29, 1.82) is 0 Å². The number of hydrogen-bond acceptors (Lipinski definition) is 4. The van der Waals surface area contributed by atoms with Crippen LogP contribution in [0.25, 0.3) is 0 Å². The van der Waals surface area contributed by atoms with E-state index in [1.807, 2.05) is 41.3 Å². The summed E-state index contributed by atoms with van der Waals surface area (Å²) in [7, 11) is 0. The number of nitrogens with one attached hydrogen (secondary N) is 1. The maximum Gasteiger partial charge on any atom is 0.305 e. The normalized spacial score (nSPS) is 14.4. The number of benzene rings is 2. The second-order valence-electron chi connectivity index (χ2n) is 9.11.